The summed E-state index contributed by atoms with van der Waals surface area (Å²) in [6.45, 7) is 2.18. The zero-order valence-electron chi connectivity index (χ0n) is 18.3. The summed E-state index contributed by atoms with van der Waals surface area (Å²) < 4.78 is 29.1. The van der Waals surface area contributed by atoms with E-state index >= 15 is 0 Å². The molecule has 33 heavy (non-hydrogen) atoms. The molecule has 1 amide bonds. The highest BCUT2D eigenvalue weighted by molar-refractivity contribution is 7.89. The van der Waals surface area contributed by atoms with Crippen LogP contribution in [0.1, 0.15) is 16.1 Å². The number of rotatable bonds is 9. The molecule has 0 saturated carbocycles. The van der Waals surface area contributed by atoms with Crippen molar-refractivity contribution in [2.75, 3.05) is 13.1 Å². The van der Waals surface area contributed by atoms with Gasteiger partial charge in [0.2, 0.25) is 15.9 Å². The average molecular weight is 480 g/mol. The van der Waals surface area contributed by atoms with Gasteiger partial charge in [-0.05, 0) is 42.7 Å². The zero-order chi connectivity index (χ0) is 23.3. The molecule has 4 aromatic rings. The molecule has 170 valence electrons. The minimum atomic E-state index is -3.90. The molecule has 1 N–H and O–H groups in total. The van der Waals surface area contributed by atoms with Crippen LogP contribution in [0.15, 0.2) is 83.8 Å². The molecule has 4 rings (SSSR count). The van der Waals surface area contributed by atoms with Crippen LogP contribution in [0.5, 0.6) is 0 Å². The summed E-state index contributed by atoms with van der Waals surface area (Å²) in [5.74, 6) is -0.333. The Bertz CT molecular complexity index is 1340. The molecule has 1 aromatic heterocycles. The third kappa shape index (κ3) is 5.84. The van der Waals surface area contributed by atoms with Crippen molar-refractivity contribution in [3.05, 3.63) is 95.0 Å². The van der Waals surface area contributed by atoms with Crippen LogP contribution < -0.4 is 5.32 Å². The number of benzene rings is 3. The van der Waals surface area contributed by atoms with Crippen molar-refractivity contribution < 1.29 is 13.2 Å². The van der Waals surface area contributed by atoms with Crippen LogP contribution in [0.3, 0.4) is 0 Å². The SMILES string of the molecule is Cc1nc2ccc(S(=O)(=O)N(CC(=O)NCCc3ccccc3)Cc3ccccc3)cc2s1. The van der Waals surface area contributed by atoms with Gasteiger partial charge in [0.25, 0.3) is 0 Å². The number of fused-ring (bicyclic) bond motifs is 1. The Morgan fingerprint density at radius 3 is 2.33 bits per heavy atom. The van der Waals surface area contributed by atoms with Crippen LogP contribution in [0.2, 0.25) is 0 Å². The van der Waals surface area contributed by atoms with E-state index in [2.05, 4.69) is 10.3 Å². The largest absolute Gasteiger partial charge is 0.355 e. The van der Waals surface area contributed by atoms with Gasteiger partial charge in [0.15, 0.2) is 0 Å². The first kappa shape index (κ1) is 23.1. The molecular weight excluding hydrogens is 454 g/mol. The Hall–Kier alpha value is -3.07. The van der Waals surface area contributed by atoms with Gasteiger partial charge >= 0.3 is 0 Å². The maximum atomic E-state index is 13.5. The Labute approximate surface area is 198 Å². The van der Waals surface area contributed by atoms with Gasteiger partial charge in [0, 0.05) is 13.1 Å². The van der Waals surface area contributed by atoms with Gasteiger partial charge < -0.3 is 5.32 Å². The number of carbonyl (C=O) groups excluding carboxylic acids is 1. The molecule has 6 nitrogen and oxygen atoms in total. The molecule has 0 aliphatic heterocycles. The Kier molecular flexibility index (Phi) is 7.17. The fourth-order valence-electron chi connectivity index (χ4n) is 3.55. The van der Waals surface area contributed by atoms with Crippen LogP contribution >= 0.6 is 11.3 Å². The highest BCUT2D eigenvalue weighted by Crippen LogP contribution is 2.27. The Balaban J connectivity index is 1.53. The Morgan fingerprint density at radius 1 is 0.970 bits per heavy atom. The highest BCUT2D eigenvalue weighted by atomic mass is 32.2. The van der Waals surface area contributed by atoms with Crippen molar-refractivity contribution in [1.82, 2.24) is 14.6 Å². The number of sulfonamides is 1. The minimum Gasteiger partial charge on any atom is -0.355 e. The number of thiazole rings is 1. The third-order valence-corrected chi connectivity index (χ3v) is 7.93. The number of nitrogens with one attached hydrogen (secondary N) is 1. The van der Waals surface area contributed by atoms with E-state index in [0.717, 1.165) is 26.4 Å². The van der Waals surface area contributed by atoms with Crippen molar-refractivity contribution in [3.63, 3.8) is 0 Å². The van der Waals surface area contributed by atoms with E-state index in [4.69, 9.17) is 0 Å². The number of aryl methyl sites for hydroxylation is 1. The second kappa shape index (κ2) is 10.2. The van der Waals surface area contributed by atoms with E-state index in [9.17, 15) is 13.2 Å². The van der Waals surface area contributed by atoms with Gasteiger partial charge in [-0.1, -0.05) is 60.7 Å². The third-order valence-electron chi connectivity index (χ3n) is 5.20. The lowest BCUT2D eigenvalue weighted by molar-refractivity contribution is -0.121. The fourth-order valence-corrected chi connectivity index (χ4v) is 5.90. The predicted octanol–water partition coefficient (Wildman–Crippen LogP) is 4.15. The molecule has 8 heteroatoms. The molecular formula is C25H25N3O3S2. The fraction of sp³-hybridized carbons (Fsp3) is 0.200. The summed E-state index contributed by atoms with van der Waals surface area (Å²) in [6, 6.07) is 24.0. The van der Waals surface area contributed by atoms with E-state index in [1.54, 1.807) is 18.2 Å². The molecule has 0 aliphatic rings. The first-order chi connectivity index (χ1) is 15.9. The monoisotopic (exact) mass is 479 g/mol. The van der Waals surface area contributed by atoms with Gasteiger partial charge in [-0.15, -0.1) is 11.3 Å². The van der Waals surface area contributed by atoms with Gasteiger partial charge in [0.05, 0.1) is 26.7 Å². The van der Waals surface area contributed by atoms with E-state index in [1.165, 1.54) is 15.6 Å². The number of nitrogens with zero attached hydrogens (tertiary/aromatic N) is 2. The summed E-state index contributed by atoms with van der Waals surface area (Å²) >= 11 is 1.45. The second-order valence-corrected chi connectivity index (χ2v) is 10.9. The zero-order valence-corrected chi connectivity index (χ0v) is 19.9. The number of amides is 1. The van der Waals surface area contributed by atoms with Gasteiger partial charge in [-0.25, -0.2) is 13.4 Å². The van der Waals surface area contributed by atoms with Crippen molar-refractivity contribution >= 4 is 37.5 Å². The Morgan fingerprint density at radius 2 is 1.64 bits per heavy atom. The topological polar surface area (TPSA) is 79.4 Å². The molecule has 0 unspecified atom stereocenters. The highest BCUT2D eigenvalue weighted by Gasteiger charge is 2.27. The van der Waals surface area contributed by atoms with Crippen LogP contribution in [-0.2, 0) is 27.8 Å². The lowest BCUT2D eigenvalue weighted by Gasteiger charge is -2.22. The van der Waals surface area contributed by atoms with Crippen molar-refractivity contribution in [3.8, 4) is 0 Å². The summed E-state index contributed by atoms with van der Waals surface area (Å²) in [5.41, 5.74) is 2.69. The van der Waals surface area contributed by atoms with Crippen LogP contribution in [-0.4, -0.2) is 36.7 Å². The van der Waals surface area contributed by atoms with E-state index in [-0.39, 0.29) is 23.9 Å². The maximum absolute atomic E-state index is 13.5. The summed E-state index contributed by atoms with van der Waals surface area (Å²) in [7, 11) is -3.90. The van der Waals surface area contributed by atoms with E-state index < -0.39 is 10.0 Å². The molecule has 1 heterocycles. The first-order valence-electron chi connectivity index (χ1n) is 10.6. The molecule has 0 fully saturated rings. The van der Waals surface area contributed by atoms with Crippen molar-refractivity contribution in [2.24, 2.45) is 0 Å². The molecule has 0 radical (unpaired) electrons. The molecule has 0 aliphatic carbocycles. The normalized spacial score (nSPS) is 11.7. The quantitative estimate of drug-likeness (QED) is 0.391. The summed E-state index contributed by atoms with van der Waals surface area (Å²) in [5, 5.41) is 3.72. The second-order valence-electron chi connectivity index (χ2n) is 7.71. The average Bonchev–Trinajstić information content (AvgIpc) is 3.19. The molecule has 0 saturated heterocycles. The van der Waals surface area contributed by atoms with Gasteiger partial charge in [-0.3, -0.25) is 4.79 Å². The standard InChI is InChI=1S/C25H25N3O3S2/c1-19-27-23-13-12-22(16-24(23)32-19)33(30,31)28(17-21-10-6-3-7-11-21)18-25(29)26-15-14-20-8-4-2-5-9-20/h2-13,16H,14-15,17-18H2,1H3,(H,26,29). The molecule has 0 bridgehead atoms. The minimum absolute atomic E-state index is 0.106. The number of hydrogen-bond donors (Lipinski definition) is 1. The molecule has 0 atom stereocenters. The lowest BCUT2D eigenvalue weighted by Crippen LogP contribution is -2.40. The predicted molar refractivity (Wildman–Crippen MR) is 132 cm³/mol. The summed E-state index contributed by atoms with van der Waals surface area (Å²) in [4.78, 5) is 17.3. The molecule has 0 spiro atoms. The van der Waals surface area contributed by atoms with Crippen LogP contribution in [0.25, 0.3) is 10.2 Å². The number of aromatic nitrogens is 1. The smallest absolute Gasteiger partial charge is 0.243 e. The van der Waals surface area contributed by atoms with E-state index in [0.29, 0.717) is 13.0 Å². The number of carbonyl (C=O) groups is 1. The first-order valence-corrected chi connectivity index (χ1v) is 12.9. The van der Waals surface area contributed by atoms with Crippen molar-refractivity contribution in [1.29, 1.82) is 0 Å². The number of hydrogen-bond acceptors (Lipinski definition) is 5. The van der Waals surface area contributed by atoms with Gasteiger partial charge in [0.1, 0.15) is 0 Å². The van der Waals surface area contributed by atoms with E-state index in [1.807, 2.05) is 67.6 Å². The van der Waals surface area contributed by atoms with Gasteiger partial charge in [-0.2, -0.15) is 4.31 Å². The lowest BCUT2D eigenvalue weighted by atomic mass is 10.1. The molecule has 3 aromatic carbocycles. The maximum Gasteiger partial charge on any atom is 0.243 e. The summed E-state index contributed by atoms with van der Waals surface area (Å²) in [6.07, 6.45) is 0.680. The van der Waals surface area contributed by atoms with Crippen molar-refractivity contribution in [2.45, 2.75) is 24.8 Å². The van der Waals surface area contributed by atoms with Crippen LogP contribution in [0, 0.1) is 6.92 Å². The van der Waals surface area contributed by atoms with Crippen LogP contribution in [0.4, 0.5) is 0 Å².